The molecule has 0 aromatic carbocycles. The molecule has 0 radical (unpaired) electrons. The molecule has 4 nitrogen and oxygen atoms in total. The lowest BCUT2D eigenvalue weighted by Crippen LogP contribution is -2.22. The van der Waals surface area contributed by atoms with E-state index in [1.165, 1.54) is 0 Å². The molecule has 98 valence electrons. The fourth-order valence-electron chi connectivity index (χ4n) is 1.25. The highest BCUT2D eigenvalue weighted by Crippen LogP contribution is 2.02. The van der Waals surface area contributed by atoms with E-state index < -0.39 is 0 Å². The Morgan fingerprint density at radius 3 is 2.19 bits per heavy atom. The van der Waals surface area contributed by atoms with Crippen molar-refractivity contribution in [2.24, 2.45) is 0 Å². The van der Waals surface area contributed by atoms with Gasteiger partial charge in [-0.1, -0.05) is 12.8 Å². The highest BCUT2D eigenvalue weighted by atomic mass is 16.5. The van der Waals surface area contributed by atoms with Crippen molar-refractivity contribution >= 4 is 0 Å². The molecule has 0 spiro atoms. The molecule has 0 amide bonds. The maximum atomic E-state index is 8.76. The maximum absolute atomic E-state index is 8.76. The first-order valence-electron chi connectivity index (χ1n) is 6.15. The standard InChI is InChI=1S/C12H26O4/c1-11(9-14)16-10-12(2)15-8-6-4-3-5-7-13/h11-14H,3-10H2,1-2H3. The van der Waals surface area contributed by atoms with Crippen LogP contribution in [-0.4, -0.2) is 48.8 Å². The van der Waals surface area contributed by atoms with E-state index in [4.69, 9.17) is 19.7 Å². The van der Waals surface area contributed by atoms with Gasteiger partial charge in [0.2, 0.25) is 0 Å². The van der Waals surface area contributed by atoms with Crippen LogP contribution in [0.4, 0.5) is 0 Å². The van der Waals surface area contributed by atoms with Crippen LogP contribution in [-0.2, 0) is 9.47 Å². The van der Waals surface area contributed by atoms with Crippen molar-refractivity contribution in [2.75, 3.05) is 26.4 Å². The van der Waals surface area contributed by atoms with E-state index >= 15 is 0 Å². The van der Waals surface area contributed by atoms with Crippen LogP contribution in [0, 0.1) is 0 Å². The summed E-state index contributed by atoms with van der Waals surface area (Å²) in [6, 6.07) is 0. The van der Waals surface area contributed by atoms with Crippen LogP contribution in [0.2, 0.25) is 0 Å². The molecule has 4 heteroatoms. The highest BCUT2D eigenvalue weighted by Gasteiger charge is 2.05. The van der Waals surface area contributed by atoms with Crippen LogP contribution in [0.1, 0.15) is 39.5 Å². The summed E-state index contributed by atoms with van der Waals surface area (Å²) in [6.45, 7) is 5.40. The summed E-state index contributed by atoms with van der Waals surface area (Å²) in [5, 5.41) is 17.3. The summed E-state index contributed by atoms with van der Waals surface area (Å²) >= 11 is 0. The lowest BCUT2D eigenvalue weighted by Gasteiger charge is -2.16. The Morgan fingerprint density at radius 2 is 1.56 bits per heavy atom. The Labute approximate surface area is 98.6 Å². The fraction of sp³-hybridized carbons (Fsp3) is 1.00. The first kappa shape index (κ1) is 15.8. The van der Waals surface area contributed by atoms with Crippen LogP contribution in [0.5, 0.6) is 0 Å². The van der Waals surface area contributed by atoms with Crippen LogP contribution in [0.25, 0.3) is 0 Å². The van der Waals surface area contributed by atoms with Gasteiger partial charge in [-0.25, -0.2) is 0 Å². The first-order valence-corrected chi connectivity index (χ1v) is 6.15. The summed E-state index contributed by atoms with van der Waals surface area (Å²) in [7, 11) is 0. The number of hydrogen-bond acceptors (Lipinski definition) is 4. The zero-order chi connectivity index (χ0) is 12.2. The van der Waals surface area contributed by atoms with Crippen molar-refractivity contribution in [1.82, 2.24) is 0 Å². The Hall–Kier alpha value is -0.160. The summed E-state index contributed by atoms with van der Waals surface area (Å²) < 4.78 is 10.9. The van der Waals surface area contributed by atoms with Crippen molar-refractivity contribution in [1.29, 1.82) is 0 Å². The highest BCUT2D eigenvalue weighted by molar-refractivity contribution is 4.52. The largest absolute Gasteiger partial charge is 0.396 e. The van der Waals surface area contributed by atoms with E-state index in [1.54, 1.807) is 0 Å². The van der Waals surface area contributed by atoms with E-state index in [0.717, 1.165) is 32.3 Å². The zero-order valence-electron chi connectivity index (χ0n) is 10.5. The molecular weight excluding hydrogens is 208 g/mol. The van der Waals surface area contributed by atoms with Gasteiger partial charge < -0.3 is 19.7 Å². The molecule has 0 rings (SSSR count). The Morgan fingerprint density at radius 1 is 0.875 bits per heavy atom. The molecule has 0 heterocycles. The maximum Gasteiger partial charge on any atom is 0.0780 e. The molecule has 0 fully saturated rings. The van der Waals surface area contributed by atoms with Gasteiger partial charge >= 0.3 is 0 Å². The fourth-order valence-corrected chi connectivity index (χ4v) is 1.25. The summed E-state index contributed by atoms with van der Waals surface area (Å²) in [6.07, 6.45) is 4.03. The van der Waals surface area contributed by atoms with Gasteiger partial charge in [0, 0.05) is 13.2 Å². The van der Waals surface area contributed by atoms with E-state index in [2.05, 4.69) is 0 Å². The number of ether oxygens (including phenoxy) is 2. The molecule has 0 saturated heterocycles. The van der Waals surface area contributed by atoms with E-state index in [9.17, 15) is 0 Å². The zero-order valence-corrected chi connectivity index (χ0v) is 10.5. The van der Waals surface area contributed by atoms with E-state index in [0.29, 0.717) is 6.61 Å². The van der Waals surface area contributed by atoms with Crippen molar-refractivity contribution in [3.8, 4) is 0 Å². The third-order valence-corrected chi connectivity index (χ3v) is 2.33. The molecule has 0 aromatic heterocycles. The Bertz CT molecular complexity index is 141. The monoisotopic (exact) mass is 234 g/mol. The third-order valence-electron chi connectivity index (χ3n) is 2.33. The molecule has 0 aliphatic rings. The number of aliphatic hydroxyl groups excluding tert-OH is 2. The molecule has 0 aliphatic carbocycles. The van der Waals surface area contributed by atoms with Gasteiger partial charge in [0.1, 0.15) is 0 Å². The molecule has 2 atom stereocenters. The first-order chi connectivity index (χ1) is 7.70. The SMILES string of the molecule is CC(CO)OCC(C)OCCCCCCO. The second-order valence-corrected chi connectivity index (χ2v) is 4.15. The van der Waals surface area contributed by atoms with Crippen molar-refractivity contribution < 1.29 is 19.7 Å². The van der Waals surface area contributed by atoms with Gasteiger partial charge in [0.25, 0.3) is 0 Å². The number of hydrogen-bond donors (Lipinski definition) is 2. The van der Waals surface area contributed by atoms with Gasteiger partial charge in [-0.15, -0.1) is 0 Å². The van der Waals surface area contributed by atoms with Gasteiger partial charge in [-0.05, 0) is 26.7 Å². The topological polar surface area (TPSA) is 58.9 Å². The van der Waals surface area contributed by atoms with E-state index in [1.807, 2.05) is 13.8 Å². The number of unbranched alkanes of at least 4 members (excludes halogenated alkanes) is 3. The molecule has 0 bridgehead atoms. The minimum absolute atomic E-state index is 0.0495. The Balaban J connectivity index is 3.20. The van der Waals surface area contributed by atoms with Gasteiger partial charge in [-0.3, -0.25) is 0 Å². The Kier molecular flexibility index (Phi) is 11.2. The summed E-state index contributed by atoms with van der Waals surface area (Å²) in [4.78, 5) is 0. The molecular formula is C12H26O4. The molecule has 0 saturated carbocycles. The third kappa shape index (κ3) is 10.4. The van der Waals surface area contributed by atoms with Crippen LogP contribution >= 0.6 is 0 Å². The number of aliphatic hydroxyl groups is 2. The predicted molar refractivity (Wildman–Crippen MR) is 63.5 cm³/mol. The normalized spacial score (nSPS) is 15.0. The average Bonchev–Trinajstić information content (AvgIpc) is 2.30. The lowest BCUT2D eigenvalue weighted by atomic mass is 10.2. The minimum Gasteiger partial charge on any atom is -0.396 e. The van der Waals surface area contributed by atoms with Gasteiger partial charge in [0.15, 0.2) is 0 Å². The molecule has 2 N–H and O–H groups in total. The van der Waals surface area contributed by atoms with Gasteiger partial charge in [-0.2, -0.15) is 0 Å². The summed E-state index contributed by atoms with van der Waals surface area (Å²) in [5.74, 6) is 0. The van der Waals surface area contributed by atoms with Crippen LogP contribution in [0.15, 0.2) is 0 Å². The lowest BCUT2D eigenvalue weighted by molar-refractivity contribution is -0.0459. The van der Waals surface area contributed by atoms with Crippen molar-refractivity contribution in [2.45, 2.75) is 51.7 Å². The molecule has 0 aromatic rings. The second-order valence-electron chi connectivity index (χ2n) is 4.15. The minimum atomic E-state index is -0.115. The van der Waals surface area contributed by atoms with Crippen LogP contribution in [0.3, 0.4) is 0 Å². The summed E-state index contributed by atoms with van der Waals surface area (Å²) in [5.41, 5.74) is 0. The number of rotatable bonds is 11. The predicted octanol–water partition coefficient (Wildman–Crippen LogP) is 1.34. The second kappa shape index (κ2) is 11.3. The van der Waals surface area contributed by atoms with Crippen molar-refractivity contribution in [3.05, 3.63) is 0 Å². The van der Waals surface area contributed by atoms with E-state index in [-0.39, 0.29) is 25.4 Å². The van der Waals surface area contributed by atoms with Crippen LogP contribution < -0.4 is 0 Å². The average molecular weight is 234 g/mol. The molecule has 2 unspecified atom stereocenters. The quantitative estimate of drug-likeness (QED) is 0.530. The smallest absolute Gasteiger partial charge is 0.0780 e. The van der Waals surface area contributed by atoms with Gasteiger partial charge in [0.05, 0.1) is 25.4 Å². The molecule has 0 aliphatic heterocycles. The van der Waals surface area contributed by atoms with Crippen molar-refractivity contribution in [3.63, 3.8) is 0 Å². The molecule has 16 heavy (non-hydrogen) atoms.